The van der Waals surface area contributed by atoms with Gasteiger partial charge in [-0.05, 0) is 80.2 Å². The molecule has 3 aliphatic rings. The summed E-state index contributed by atoms with van der Waals surface area (Å²) < 4.78 is 32.3. The first kappa shape index (κ1) is 19.8. The Kier molecular flexibility index (Phi) is 6.03. The zero-order valence-corrected chi connectivity index (χ0v) is 16.8. The van der Waals surface area contributed by atoms with Gasteiger partial charge in [-0.1, -0.05) is 32.6 Å². The van der Waals surface area contributed by atoms with Crippen molar-refractivity contribution < 1.29 is 18.3 Å². The van der Waals surface area contributed by atoms with Gasteiger partial charge < -0.3 is 4.74 Å². The first-order valence-electron chi connectivity index (χ1n) is 11.2. The molecule has 28 heavy (non-hydrogen) atoms. The number of carbonyl (C=O) groups is 1. The molecule has 0 aromatic heterocycles. The fourth-order valence-corrected chi connectivity index (χ4v) is 6.22. The third-order valence-electron chi connectivity index (χ3n) is 7.82. The van der Waals surface area contributed by atoms with Crippen LogP contribution in [0.3, 0.4) is 0 Å². The molecule has 0 N–H and O–H groups in total. The van der Waals surface area contributed by atoms with E-state index in [2.05, 4.69) is 6.92 Å². The molecule has 2 nitrogen and oxygen atoms in total. The molecule has 0 spiro atoms. The number of carbonyl (C=O) groups excluding carboxylic acids is 1. The molecular weight excluding hydrogens is 358 g/mol. The zero-order valence-electron chi connectivity index (χ0n) is 16.8. The van der Waals surface area contributed by atoms with Gasteiger partial charge in [0, 0.05) is 6.07 Å². The van der Waals surface area contributed by atoms with E-state index < -0.39 is 11.6 Å². The number of esters is 1. The third-order valence-corrected chi connectivity index (χ3v) is 7.82. The van der Waals surface area contributed by atoms with Crippen molar-refractivity contribution in [3.8, 4) is 5.75 Å². The average molecular weight is 391 g/mol. The molecule has 0 amide bonds. The quantitative estimate of drug-likeness (QED) is 0.433. The summed E-state index contributed by atoms with van der Waals surface area (Å²) in [5, 5.41) is 0. The highest BCUT2D eigenvalue weighted by Crippen LogP contribution is 2.50. The summed E-state index contributed by atoms with van der Waals surface area (Å²) in [6.45, 7) is 2.37. The first-order valence-corrected chi connectivity index (χ1v) is 11.2. The van der Waals surface area contributed by atoms with Crippen LogP contribution < -0.4 is 4.74 Å². The number of ether oxygens (including phenoxy) is 1. The SMILES string of the molecule is CC1CCC(C2CCC3C(CCCC3C(=O)Oc3ccc(F)cc3F)C2)CC1. The number of hydrogen-bond donors (Lipinski definition) is 0. The van der Waals surface area contributed by atoms with Crippen LogP contribution in [0.25, 0.3) is 0 Å². The molecule has 4 heteroatoms. The average Bonchev–Trinajstić information content (AvgIpc) is 2.69. The van der Waals surface area contributed by atoms with E-state index >= 15 is 0 Å². The molecule has 0 heterocycles. The van der Waals surface area contributed by atoms with Gasteiger partial charge in [0.2, 0.25) is 0 Å². The highest BCUT2D eigenvalue weighted by Gasteiger charge is 2.43. The molecular formula is C24H32F2O2. The molecule has 3 aliphatic carbocycles. The lowest BCUT2D eigenvalue weighted by Crippen LogP contribution is -2.40. The van der Waals surface area contributed by atoms with Crippen molar-refractivity contribution in [1.82, 2.24) is 0 Å². The second-order valence-electron chi connectivity index (χ2n) is 9.55. The summed E-state index contributed by atoms with van der Waals surface area (Å²) in [6.07, 6.45) is 12.1. The molecule has 154 valence electrons. The van der Waals surface area contributed by atoms with Gasteiger partial charge in [-0.2, -0.15) is 0 Å². The van der Waals surface area contributed by atoms with Gasteiger partial charge in [0.15, 0.2) is 11.6 Å². The lowest BCUT2D eigenvalue weighted by molar-refractivity contribution is -0.144. The Morgan fingerprint density at radius 3 is 2.43 bits per heavy atom. The minimum absolute atomic E-state index is 0.143. The van der Waals surface area contributed by atoms with Crippen LogP contribution in [0.5, 0.6) is 5.75 Å². The van der Waals surface area contributed by atoms with E-state index in [-0.39, 0.29) is 17.6 Å². The van der Waals surface area contributed by atoms with Gasteiger partial charge in [0.05, 0.1) is 5.92 Å². The van der Waals surface area contributed by atoms with E-state index in [0.29, 0.717) is 11.8 Å². The maximum Gasteiger partial charge on any atom is 0.314 e. The van der Waals surface area contributed by atoms with E-state index in [1.807, 2.05) is 0 Å². The Morgan fingerprint density at radius 2 is 1.68 bits per heavy atom. The van der Waals surface area contributed by atoms with E-state index in [1.165, 1.54) is 51.0 Å². The molecule has 3 saturated carbocycles. The zero-order chi connectivity index (χ0) is 19.7. The van der Waals surface area contributed by atoms with Crippen molar-refractivity contribution in [2.24, 2.45) is 35.5 Å². The molecule has 1 aromatic carbocycles. The van der Waals surface area contributed by atoms with Crippen LogP contribution in [0.2, 0.25) is 0 Å². The largest absolute Gasteiger partial charge is 0.423 e. The van der Waals surface area contributed by atoms with Crippen LogP contribution in [-0.2, 0) is 4.79 Å². The molecule has 0 aliphatic heterocycles. The Balaban J connectivity index is 1.38. The molecule has 4 unspecified atom stereocenters. The highest BCUT2D eigenvalue weighted by molar-refractivity contribution is 5.75. The minimum Gasteiger partial charge on any atom is -0.423 e. The molecule has 4 atom stereocenters. The maximum absolute atomic E-state index is 13.9. The number of benzene rings is 1. The summed E-state index contributed by atoms with van der Waals surface area (Å²) >= 11 is 0. The van der Waals surface area contributed by atoms with Crippen LogP contribution >= 0.6 is 0 Å². The Hall–Kier alpha value is -1.45. The predicted molar refractivity (Wildman–Crippen MR) is 105 cm³/mol. The van der Waals surface area contributed by atoms with E-state index in [9.17, 15) is 13.6 Å². The van der Waals surface area contributed by atoms with Crippen molar-refractivity contribution in [1.29, 1.82) is 0 Å². The fraction of sp³-hybridized carbons (Fsp3) is 0.708. The van der Waals surface area contributed by atoms with E-state index in [1.54, 1.807) is 0 Å². The van der Waals surface area contributed by atoms with Crippen LogP contribution in [0, 0.1) is 47.1 Å². The molecule has 0 radical (unpaired) electrons. The van der Waals surface area contributed by atoms with Gasteiger partial charge in [0.25, 0.3) is 0 Å². The van der Waals surface area contributed by atoms with Crippen molar-refractivity contribution in [3.63, 3.8) is 0 Å². The lowest BCUT2D eigenvalue weighted by Gasteiger charge is -2.45. The maximum atomic E-state index is 13.9. The second-order valence-corrected chi connectivity index (χ2v) is 9.55. The topological polar surface area (TPSA) is 26.3 Å². The first-order chi connectivity index (χ1) is 13.5. The number of halogens is 2. The van der Waals surface area contributed by atoms with Crippen LogP contribution in [0.1, 0.15) is 71.1 Å². The number of rotatable bonds is 3. The monoisotopic (exact) mass is 390 g/mol. The minimum atomic E-state index is -0.809. The summed E-state index contributed by atoms with van der Waals surface area (Å²) in [5.74, 6) is 1.44. The Morgan fingerprint density at radius 1 is 0.929 bits per heavy atom. The summed E-state index contributed by atoms with van der Waals surface area (Å²) in [7, 11) is 0. The molecule has 1 aromatic rings. The Bertz CT molecular complexity index is 696. The summed E-state index contributed by atoms with van der Waals surface area (Å²) in [4.78, 5) is 12.8. The number of hydrogen-bond acceptors (Lipinski definition) is 2. The van der Waals surface area contributed by atoms with Crippen molar-refractivity contribution in [3.05, 3.63) is 29.8 Å². The molecule has 3 fully saturated rings. The normalized spacial score (nSPS) is 35.8. The van der Waals surface area contributed by atoms with Gasteiger partial charge in [-0.15, -0.1) is 0 Å². The lowest BCUT2D eigenvalue weighted by atomic mass is 9.59. The Labute approximate surface area is 167 Å². The van der Waals surface area contributed by atoms with Gasteiger partial charge in [-0.25, -0.2) is 8.78 Å². The van der Waals surface area contributed by atoms with E-state index in [4.69, 9.17) is 4.74 Å². The van der Waals surface area contributed by atoms with Crippen LogP contribution in [0.15, 0.2) is 18.2 Å². The number of fused-ring (bicyclic) bond motifs is 1. The van der Waals surface area contributed by atoms with Crippen molar-refractivity contribution in [2.75, 3.05) is 0 Å². The van der Waals surface area contributed by atoms with Crippen LogP contribution in [0.4, 0.5) is 8.78 Å². The summed E-state index contributed by atoms with van der Waals surface area (Å²) in [5.41, 5.74) is 0. The van der Waals surface area contributed by atoms with Gasteiger partial charge in [0.1, 0.15) is 5.82 Å². The predicted octanol–water partition coefficient (Wildman–Crippen LogP) is 6.53. The highest BCUT2D eigenvalue weighted by atomic mass is 19.1. The van der Waals surface area contributed by atoms with Gasteiger partial charge in [-0.3, -0.25) is 4.79 Å². The van der Waals surface area contributed by atoms with Crippen LogP contribution in [-0.4, -0.2) is 5.97 Å². The smallest absolute Gasteiger partial charge is 0.314 e. The van der Waals surface area contributed by atoms with Crippen molar-refractivity contribution in [2.45, 2.75) is 71.1 Å². The van der Waals surface area contributed by atoms with E-state index in [0.717, 1.165) is 49.1 Å². The van der Waals surface area contributed by atoms with Crippen molar-refractivity contribution >= 4 is 5.97 Å². The fourth-order valence-electron chi connectivity index (χ4n) is 6.22. The molecule has 4 rings (SSSR count). The molecule has 0 saturated heterocycles. The second kappa shape index (κ2) is 8.51. The standard InChI is InChI=1S/C24H32F2O2/c1-15-5-7-16(8-6-15)17-9-11-20-18(13-17)3-2-4-21(20)24(27)28-23-12-10-19(25)14-22(23)26/h10,12,14-18,20-21H,2-9,11,13H2,1H3. The molecule has 0 bridgehead atoms. The third kappa shape index (κ3) is 4.26. The summed E-state index contributed by atoms with van der Waals surface area (Å²) in [6, 6.07) is 3.11. The van der Waals surface area contributed by atoms with Gasteiger partial charge >= 0.3 is 5.97 Å².